The molecule has 1 unspecified atom stereocenters. The number of piperidine rings is 1. The molecule has 1 aliphatic rings. The van der Waals surface area contributed by atoms with Gasteiger partial charge < -0.3 is 4.90 Å². The van der Waals surface area contributed by atoms with Gasteiger partial charge in [-0.05, 0) is 18.8 Å². The number of pyridine rings is 1. The molecule has 2 rings (SSSR count). The van der Waals surface area contributed by atoms with E-state index in [0.717, 1.165) is 38.2 Å². The highest BCUT2D eigenvalue weighted by Crippen LogP contribution is 2.25. The van der Waals surface area contributed by atoms with E-state index >= 15 is 0 Å². The number of nitrogens with zero attached hydrogens (tertiary/aromatic N) is 2. The maximum absolute atomic E-state index is 13.5. The Balaban J connectivity index is 2.16. The minimum Gasteiger partial charge on any atom is -0.354 e. The lowest BCUT2D eigenvalue weighted by atomic mass is 9.96. The molecule has 0 spiro atoms. The largest absolute Gasteiger partial charge is 0.354 e. The van der Waals surface area contributed by atoms with Crippen LogP contribution in [-0.4, -0.2) is 18.1 Å². The van der Waals surface area contributed by atoms with Crippen molar-refractivity contribution in [2.45, 2.75) is 26.2 Å². The molecule has 1 fully saturated rings. The molecule has 4 heteroatoms. The van der Waals surface area contributed by atoms with Crippen molar-refractivity contribution in [1.29, 1.82) is 0 Å². The van der Waals surface area contributed by atoms with Crippen LogP contribution in [-0.2, 0) is 0 Å². The van der Waals surface area contributed by atoms with E-state index in [2.05, 4.69) is 11.9 Å². The first-order valence-corrected chi connectivity index (χ1v) is 5.76. The predicted molar refractivity (Wildman–Crippen MR) is 59.4 cm³/mol. The summed E-state index contributed by atoms with van der Waals surface area (Å²) in [4.78, 5) is 5.77. The Bertz CT molecular complexity index is 368. The fourth-order valence-electron chi connectivity index (χ4n) is 2.23. The molecule has 2 heterocycles. The summed E-state index contributed by atoms with van der Waals surface area (Å²) in [5, 5.41) is 0. The van der Waals surface area contributed by atoms with E-state index in [9.17, 15) is 8.78 Å². The van der Waals surface area contributed by atoms with Crippen LogP contribution < -0.4 is 4.90 Å². The SMILES string of the molecule is CCC1CCCN(c2ncc(F)cc2F)C1. The van der Waals surface area contributed by atoms with Crippen LogP contribution in [0.4, 0.5) is 14.6 Å². The van der Waals surface area contributed by atoms with Gasteiger partial charge in [-0.3, -0.25) is 0 Å². The van der Waals surface area contributed by atoms with Crippen molar-refractivity contribution < 1.29 is 8.78 Å². The molecule has 88 valence electrons. The van der Waals surface area contributed by atoms with E-state index in [1.54, 1.807) is 0 Å². The molecule has 1 aliphatic heterocycles. The summed E-state index contributed by atoms with van der Waals surface area (Å²) >= 11 is 0. The Morgan fingerprint density at radius 3 is 3.00 bits per heavy atom. The standard InChI is InChI=1S/C12H16F2N2/c1-2-9-4-3-5-16(8-9)12-11(14)6-10(13)7-15-12/h6-7,9H,2-5,8H2,1H3. The lowest BCUT2D eigenvalue weighted by Crippen LogP contribution is -2.36. The Hall–Kier alpha value is -1.19. The van der Waals surface area contributed by atoms with Crippen LogP contribution >= 0.6 is 0 Å². The Kier molecular flexibility index (Phi) is 3.36. The van der Waals surface area contributed by atoms with Gasteiger partial charge in [-0.1, -0.05) is 13.3 Å². The molecule has 0 amide bonds. The highest BCUT2D eigenvalue weighted by atomic mass is 19.1. The first-order chi connectivity index (χ1) is 7.70. The van der Waals surface area contributed by atoms with Gasteiger partial charge in [-0.15, -0.1) is 0 Å². The normalized spacial score (nSPS) is 21.2. The number of hydrogen-bond donors (Lipinski definition) is 0. The Morgan fingerprint density at radius 2 is 2.31 bits per heavy atom. The van der Waals surface area contributed by atoms with Crippen molar-refractivity contribution in [2.75, 3.05) is 18.0 Å². The molecule has 1 aromatic rings. The van der Waals surface area contributed by atoms with Crippen LogP contribution in [0.15, 0.2) is 12.3 Å². The first-order valence-electron chi connectivity index (χ1n) is 5.76. The molecule has 1 aromatic heterocycles. The van der Waals surface area contributed by atoms with Gasteiger partial charge in [0.25, 0.3) is 0 Å². The van der Waals surface area contributed by atoms with Crippen LogP contribution in [0.5, 0.6) is 0 Å². The molecular weight excluding hydrogens is 210 g/mol. The van der Waals surface area contributed by atoms with Gasteiger partial charge in [0.05, 0.1) is 6.20 Å². The summed E-state index contributed by atoms with van der Waals surface area (Å²) in [6.07, 6.45) is 4.42. The number of halogens is 2. The predicted octanol–water partition coefficient (Wildman–Crippen LogP) is 2.99. The average molecular weight is 226 g/mol. The maximum atomic E-state index is 13.5. The molecule has 0 N–H and O–H groups in total. The van der Waals surface area contributed by atoms with Crippen LogP contribution in [0, 0.1) is 17.6 Å². The van der Waals surface area contributed by atoms with Gasteiger partial charge in [-0.25, -0.2) is 13.8 Å². The molecule has 0 saturated carbocycles. The minimum atomic E-state index is -0.620. The smallest absolute Gasteiger partial charge is 0.168 e. The second kappa shape index (κ2) is 4.76. The molecule has 2 nitrogen and oxygen atoms in total. The van der Waals surface area contributed by atoms with Crippen molar-refractivity contribution >= 4 is 5.82 Å². The van der Waals surface area contributed by atoms with Gasteiger partial charge in [0.1, 0.15) is 5.82 Å². The lowest BCUT2D eigenvalue weighted by molar-refractivity contribution is 0.399. The van der Waals surface area contributed by atoms with Crippen LogP contribution in [0.2, 0.25) is 0 Å². The minimum absolute atomic E-state index is 0.291. The number of rotatable bonds is 2. The fourth-order valence-corrected chi connectivity index (χ4v) is 2.23. The molecule has 16 heavy (non-hydrogen) atoms. The van der Waals surface area contributed by atoms with E-state index < -0.39 is 11.6 Å². The van der Waals surface area contributed by atoms with Crippen molar-refractivity contribution in [1.82, 2.24) is 4.98 Å². The summed E-state index contributed by atoms with van der Waals surface area (Å²) in [5.41, 5.74) is 0. The van der Waals surface area contributed by atoms with Gasteiger partial charge in [0.15, 0.2) is 11.6 Å². The van der Waals surface area contributed by atoms with Crippen molar-refractivity contribution in [3.05, 3.63) is 23.9 Å². The monoisotopic (exact) mass is 226 g/mol. The van der Waals surface area contributed by atoms with Gasteiger partial charge >= 0.3 is 0 Å². The van der Waals surface area contributed by atoms with Crippen molar-refractivity contribution in [3.8, 4) is 0 Å². The quantitative estimate of drug-likeness (QED) is 0.770. The molecule has 0 bridgehead atoms. The van der Waals surface area contributed by atoms with Crippen LogP contribution in [0.3, 0.4) is 0 Å². The summed E-state index contributed by atoms with van der Waals surface area (Å²) in [5.74, 6) is -0.290. The van der Waals surface area contributed by atoms with E-state index in [1.807, 2.05) is 4.90 Å². The second-order valence-electron chi connectivity index (χ2n) is 4.32. The van der Waals surface area contributed by atoms with Crippen LogP contribution in [0.1, 0.15) is 26.2 Å². The van der Waals surface area contributed by atoms with Crippen LogP contribution in [0.25, 0.3) is 0 Å². The topological polar surface area (TPSA) is 16.1 Å². The second-order valence-corrected chi connectivity index (χ2v) is 4.32. The molecule has 0 aromatic carbocycles. The number of hydrogen-bond acceptors (Lipinski definition) is 2. The zero-order valence-corrected chi connectivity index (χ0v) is 9.42. The van der Waals surface area contributed by atoms with Crippen molar-refractivity contribution in [3.63, 3.8) is 0 Å². The number of aromatic nitrogens is 1. The number of anilines is 1. The third kappa shape index (κ3) is 2.31. The highest BCUT2D eigenvalue weighted by molar-refractivity contribution is 5.40. The van der Waals surface area contributed by atoms with Gasteiger partial charge in [-0.2, -0.15) is 0 Å². The van der Waals surface area contributed by atoms with E-state index in [0.29, 0.717) is 11.7 Å². The molecule has 0 radical (unpaired) electrons. The summed E-state index contributed by atoms with van der Waals surface area (Å²) in [6.45, 7) is 3.78. The summed E-state index contributed by atoms with van der Waals surface area (Å²) in [6, 6.07) is 0.901. The third-order valence-electron chi connectivity index (χ3n) is 3.18. The average Bonchev–Trinajstić information content (AvgIpc) is 2.29. The molecule has 0 aliphatic carbocycles. The zero-order valence-electron chi connectivity index (χ0n) is 9.42. The van der Waals surface area contributed by atoms with E-state index in [1.165, 1.54) is 6.42 Å². The van der Waals surface area contributed by atoms with E-state index in [-0.39, 0.29) is 0 Å². The van der Waals surface area contributed by atoms with Gasteiger partial charge in [0.2, 0.25) is 0 Å². The Morgan fingerprint density at radius 1 is 1.50 bits per heavy atom. The first kappa shape index (κ1) is 11.3. The molecular formula is C12H16F2N2. The van der Waals surface area contributed by atoms with E-state index in [4.69, 9.17) is 0 Å². The maximum Gasteiger partial charge on any atom is 0.168 e. The molecule has 1 atom stereocenters. The third-order valence-corrected chi connectivity index (χ3v) is 3.18. The summed E-state index contributed by atoms with van der Waals surface area (Å²) in [7, 11) is 0. The van der Waals surface area contributed by atoms with Gasteiger partial charge in [0, 0.05) is 19.2 Å². The summed E-state index contributed by atoms with van der Waals surface area (Å²) < 4.78 is 26.3. The van der Waals surface area contributed by atoms with Crippen molar-refractivity contribution in [2.24, 2.45) is 5.92 Å². The lowest BCUT2D eigenvalue weighted by Gasteiger charge is -2.33. The molecule has 1 saturated heterocycles. The fraction of sp³-hybridized carbons (Fsp3) is 0.583. The highest BCUT2D eigenvalue weighted by Gasteiger charge is 2.21. The Labute approximate surface area is 94.3 Å². The zero-order chi connectivity index (χ0) is 11.5.